The number of carbonyl (C=O) groups excluding carboxylic acids is 1. The summed E-state index contributed by atoms with van der Waals surface area (Å²) < 4.78 is 0. The first-order valence-corrected chi connectivity index (χ1v) is 5.75. The van der Waals surface area contributed by atoms with Crippen molar-refractivity contribution in [3.8, 4) is 0 Å². The topological polar surface area (TPSA) is 20.3 Å². The summed E-state index contributed by atoms with van der Waals surface area (Å²) in [5.41, 5.74) is 3.04. The maximum atomic E-state index is 10.3. The predicted octanol–water partition coefficient (Wildman–Crippen LogP) is 3.07. The standard InChI is InChI=1S/C9H10O.C5H13N/c1-7-3-8(2)5-9(4-7)6-10;1-4-6(3)5-2/h3-6H,1-2H3;4-5H2,1-3H3. The molecule has 1 aromatic rings. The number of rotatable bonds is 3. The van der Waals surface area contributed by atoms with Crippen molar-refractivity contribution in [2.24, 2.45) is 0 Å². The fourth-order valence-corrected chi connectivity index (χ4v) is 1.30. The Kier molecular flexibility index (Phi) is 7.48. The van der Waals surface area contributed by atoms with Gasteiger partial charge in [-0.1, -0.05) is 31.0 Å². The second-order valence-electron chi connectivity index (χ2n) is 4.03. The first-order chi connectivity index (χ1) is 7.53. The van der Waals surface area contributed by atoms with E-state index in [1.165, 1.54) is 0 Å². The van der Waals surface area contributed by atoms with Crippen LogP contribution in [0.3, 0.4) is 0 Å². The molecule has 0 spiro atoms. The molecule has 0 bridgehead atoms. The van der Waals surface area contributed by atoms with Crippen LogP contribution in [-0.4, -0.2) is 31.3 Å². The lowest BCUT2D eigenvalue weighted by Gasteiger charge is -2.07. The molecule has 2 heteroatoms. The molecule has 2 nitrogen and oxygen atoms in total. The van der Waals surface area contributed by atoms with Gasteiger partial charge in [-0.25, -0.2) is 0 Å². The molecule has 0 aliphatic heterocycles. The van der Waals surface area contributed by atoms with Crippen molar-refractivity contribution in [3.63, 3.8) is 0 Å². The third-order valence-corrected chi connectivity index (χ3v) is 2.46. The van der Waals surface area contributed by atoms with E-state index in [-0.39, 0.29) is 0 Å². The minimum absolute atomic E-state index is 0.762. The van der Waals surface area contributed by atoms with Crippen LogP contribution in [0.5, 0.6) is 0 Å². The van der Waals surface area contributed by atoms with Crippen LogP contribution in [0.1, 0.15) is 35.3 Å². The van der Waals surface area contributed by atoms with Crippen LogP contribution >= 0.6 is 0 Å². The van der Waals surface area contributed by atoms with E-state index in [0.717, 1.165) is 36.1 Å². The van der Waals surface area contributed by atoms with Crippen molar-refractivity contribution in [1.29, 1.82) is 0 Å². The second kappa shape index (κ2) is 8.05. The predicted molar refractivity (Wildman–Crippen MR) is 70.1 cm³/mol. The molecule has 0 amide bonds. The van der Waals surface area contributed by atoms with Crippen molar-refractivity contribution in [2.75, 3.05) is 20.1 Å². The maximum absolute atomic E-state index is 10.3. The van der Waals surface area contributed by atoms with Gasteiger partial charge in [-0.15, -0.1) is 0 Å². The third kappa shape index (κ3) is 6.36. The highest BCUT2D eigenvalue weighted by Crippen LogP contribution is 2.05. The van der Waals surface area contributed by atoms with Gasteiger partial charge in [-0.05, 0) is 46.1 Å². The fourth-order valence-electron chi connectivity index (χ4n) is 1.30. The average molecular weight is 221 g/mol. The first kappa shape index (κ1) is 14.8. The largest absolute Gasteiger partial charge is 0.307 e. The number of carbonyl (C=O) groups is 1. The third-order valence-electron chi connectivity index (χ3n) is 2.46. The van der Waals surface area contributed by atoms with Crippen LogP contribution in [0.25, 0.3) is 0 Å². The molecular formula is C14H23NO. The number of hydrogen-bond acceptors (Lipinski definition) is 2. The fraction of sp³-hybridized carbons (Fsp3) is 0.500. The molecule has 0 unspecified atom stereocenters. The Morgan fingerprint density at radius 1 is 1.06 bits per heavy atom. The average Bonchev–Trinajstić information content (AvgIpc) is 2.27. The van der Waals surface area contributed by atoms with Gasteiger partial charge in [0.15, 0.2) is 0 Å². The van der Waals surface area contributed by atoms with Gasteiger partial charge in [-0.2, -0.15) is 0 Å². The summed E-state index contributed by atoms with van der Waals surface area (Å²) in [6.07, 6.45) is 0.875. The zero-order valence-corrected chi connectivity index (χ0v) is 11.1. The van der Waals surface area contributed by atoms with Gasteiger partial charge in [-0.3, -0.25) is 4.79 Å². The Morgan fingerprint density at radius 3 is 1.75 bits per heavy atom. The second-order valence-corrected chi connectivity index (χ2v) is 4.03. The lowest BCUT2D eigenvalue weighted by molar-refractivity contribution is 0.112. The summed E-state index contributed by atoms with van der Waals surface area (Å²) in [7, 11) is 2.11. The molecule has 90 valence electrons. The van der Waals surface area contributed by atoms with E-state index in [0.29, 0.717) is 0 Å². The highest BCUT2D eigenvalue weighted by atomic mass is 16.1. The van der Waals surface area contributed by atoms with E-state index in [1.807, 2.05) is 32.0 Å². The zero-order valence-electron chi connectivity index (χ0n) is 11.1. The van der Waals surface area contributed by atoms with Gasteiger partial charge in [0.25, 0.3) is 0 Å². The zero-order chi connectivity index (χ0) is 12.6. The van der Waals surface area contributed by atoms with E-state index in [9.17, 15) is 4.79 Å². The number of nitrogens with zero attached hydrogens (tertiary/aromatic N) is 1. The molecule has 0 N–H and O–H groups in total. The highest BCUT2D eigenvalue weighted by Gasteiger charge is 1.91. The highest BCUT2D eigenvalue weighted by molar-refractivity contribution is 5.75. The summed E-state index contributed by atoms with van der Waals surface area (Å²) in [5, 5.41) is 0. The summed E-state index contributed by atoms with van der Waals surface area (Å²) in [6.45, 7) is 10.6. The van der Waals surface area contributed by atoms with Gasteiger partial charge in [0.2, 0.25) is 0 Å². The van der Waals surface area contributed by atoms with Crippen LogP contribution in [0, 0.1) is 13.8 Å². The molecule has 0 heterocycles. The summed E-state index contributed by atoms with van der Waals surface area (Å²) in [5.74, 6) is 0. The van der Waals surface area contributed by atoms with E-state index < -0.39 is 0 Å². The summed E-state index contributed by atoms with van der Waals surface area (Å²) >= 11 is 0. The van der Waals surface area contributed by atoms with Crippen molar-refractivity contribution in [1.82, 2.24) is 4.90 Å². The number of hydrogen-bond donors (Lipinski definition) is 0. The van der Waals surface area contributed by atoms with Crippen LogP contribution in [0.4, 0.5) is 0 Å². The van der Waals surface area contributed by atoms with Crippen molar-refractivity contribution in [2.45, 2.75) is 27.7 Å². The van der Waals surface area contributed by atoms with Crippen LogP contribution in [0.15, 0.2) is 18.2 Å². The smallest absolute Gasteiger partial charge is 0.150 e. The lowest BCUT2D eigenvalue weighted by Crippen LogP contribution is -2.15. The normalized spacial score (nSPS) is 9.62. The molecule has 0 saturated heterocycles. The van der Waals surface area contributed by atoms with Crippen LogP contribution in [-0.2, 0) is 0 Å². The Bertz CT molecular complexity index is 296. The molecule has 0 aliphatic rings. The van der Waals surface area contributed by atoms with E-state index in [4.69, 9.17) is 0 Å². The van der Waals surface area contributed by atoms with Gasteiger partial charge < -0.3 is 4.90 Å². The maximum Gasteiger partial charge on any atom is 0.150 e. The Labute approximate surface area is 99.3 Å². The van der Waals surface area contributed by atoms with E-state index >= 15 is 0 Å². The minimum Gasteiger partial charge on any atom is -0.307 e. The number of aryl methyl sites for hydroxylation is 2. The molecule has 0 aliphatic carbocycles. The van der Waals surface area contributed by atoms with Gasteiger partial charge in [0.1, 0.15) is 6.29 Å². The first-order valence-electron chi connectivity index (χ1n) is 5.75. The van der Waals surface area contributed by atoms with Crippen LogP contribution in [0.2, 0.25) is 0 Å². The Morgan fingerprint density at radius 2 is 1.50 bits per heavy atom. The van der Waals surface area contributed by atoms with Crippen molar-refractivity contribution < 1.29 is 4.79 Å². The molecule has 16 heavy (non-hydrogen) atoms. The Hall–Kier alpha value is -1.15. The SMILES string of the molecule is CCN(C)CC.Cc1cc(C)cc(C=O)c1. The van der Waals surface area contributed by atoms with E-state index in [2.05, 4.69) is 25.8 Å². The van der Waals surface area contributed by atoms with Crippen molar-refractivity contribution in [3.05, 3.63) is 34.9 Å². The molecule has 0 aromatic heterocycles. The minimum atomic E-state index is 0.762. The molecule has 0 radical (unpaired) electrons. The van der Waals surface area contributed by atoms with E-state index in [1.54, 1.807) is 0 Å². The molecule has 1 rings (SSSR count). The number of benzene rings is 1. The molecule has 1 aromatic carbocycles. The van der Waals surface area contributed by atoms with Gasteiger partial charge >= 0.3 is 0 Å². The monoisotopic (exact) mass is 221 g/mol. The molecule has 0 saturated carbocycles. The molecule has 0 fully saturated rings. The van der Waals surface area contributed by atoms with Crippen LogP contribution < -0.4 is 0 Å². The molecular weight excluding hydrogens is 198 g/mol. The quantitative estimate of drug-likeness (QED) is 0.731. The summed E-state index contributed by atoms with van der Waals surface area (Å²) in [6, 6.07) is 5.80. The lowest BCUT2D eigenvalue weighted by atomic mass is 10.1. The van der Waals surface area contributed by atoms with Crippen molar-refractivity contribution >= 4 is 6.29 Å². The summed E-state index contributed by atoms with van der Waals surface area (Å²) in [4.78, 5) is 12.6. The number of aldehydes is 1. The van der Waals surface area contributed by atoms with Gasteiger partial charge in [0.05, 0.1) is 0 Å². The Balaban J connectivity index is 0.000000325. The molecule has 0 atom stereocenters. The van der Waals surface area contributed by atoms with Gasteiger partial charge in [0, 0.05) is 5.56 Å².